The maximum Gasteiger partial charge on any atom is 0.424 e. The summed E-state index contributed by atoms with van der Waals surface area (Å²) in [6, 6.07) is 9.90. The Balaban J connectivity index is 1.53. The van der Waals surface area contributed by atoms with Crippen LogP contribution in [-0.2, 0) is 22.1 Å². The van der Waals surface area contributed by atoms with Crippen molar-refractivity contribution >= 4 is 16.9 Å². The molecule has 3 aromatic rings. The molecule has 4 N–H and O–H groups in total. The molecule has 1 aliphatic carbocycles. The third-order valence-electron chi connectivity index (χ3n) is 7.83. The molecular formula is C33H37F4N3O7S. The molecule has 0 saturated heterocycles. The van der Waals surface area contributed by atoms with Gasteiger partial charge in [-0.05, 0) is 89.1 Å². The minimum atomic E-state index is -5.35. The summed E-state index contributed by atoms with van der Waals surface area (Å²) >= 11 is 0. The fourth-order valence-corrected chi connectivity index (χ4v) is 5.75. The van der Waals surface area contributed by atoms with Crippen molar-refractivity contribution in [3.63, 3.8) is 0 Å². The molecule has 0 spiro atoms. The van der Waals surface area contributed by atoms with Crippen LogP contribution < -0.4 is 24.2 Å². The van der Waals surface area contributed by atoms with Crippen molar-refractivity contribution in [1.29, 1.82) is 0 Å². The predicted octanol–water partition coefficient (Wildman–Crippen LogP) is 4.64. The number of amides is 1. The van der Waals surface area contributed by atoms with E-state index in [4.69, 9.17) is 19.3 Å². The molecule has 2 unspecified atom stereocenters. The Kier molecular flexibility index (Phi) is 9.81. The molecule has 3 atom stereocenters. The van der Waals surface area contributed by atoms with Gasteiger partial charge in [-0.2, -0.15) is 13.2 Å². The highest BCUT2D eigenvalue weighted by atomic mass is 32.2. The molecule has 1 aromatic heterocycles. The van der Waals surface area contributed by atoms with Crippen molar-refractivity contribution in [2.75, 3.05) is 26.4 Å². The van der Waals surface area contributed by atoms with E-state index in [0.717, 1.165) is 31.0 Å². The van der Waals surface area contributed by atoms with E-state index in [0.29, 0.717) is 0 Å². The number of fused-ring (bicyclic) bond motifs is 1. The summed E-state index contributed by atoms with van der Waals surface area (Å²) in [5.41, 5.74) is -5.68. The van der Waals surface area contributed by atoms with Gasteiger partial charge in [0, 0.05) is 16.7 Å². The second kappa shape index (κ2) is 13.3. The molecule has 15 heteroatoms. The van der Waals surface area contributed by atoms with E-state index in [1.165, 1.54) is 30.3 Å². The minimum Gasteiger partial charge on any atom is -0.489 e. The van der Waals surface area contributed by atoms with E-state index in [-0.39, 0.29) is 65.6 Å². The monoisotopic (exact) mass is 695 g/mol. The predicted molar refractivity (Wildman–Crippen MR) is 168 cm³/mol. The van der Waals surface area contributed by atoms with Crippen molar-refractivity contribution in [2.24, 2.45) is 0 Å². The maximum absolute atomic E-state index is 14.9. The van der Waals surface area contributed by atoms with Gasteiger partial charge in [-0.25, -0.2) is 18.3 Å². The van der Waals surface area contributed by atoms with Crippen LogP contribution in [0.3, 0.4) is 0 Å². The van der Waals surface area contributed by atoms with Crippen LogP contribution in [0.5, 0.6) is 17.2 Å². The Morgan fingerprint density at radius 2 is 1.79 bits per heavy atom. The van der Waals surface area contributed by atoms with E-state index < -0.39 is 57.0 Å². The molecule has 260 valence electrons. The number of halogens is 4. The lowest BCUT2D eigenvalue weighted by atomic mass is 9.89. The van der Waals surface area contributed by atoms with E-state index in [2.05, 4.69) is 15.0 Å². The lowest BCUT2D eigenvalue weighted by Crippen LogP contribution is -2.52. The molecule has 5 rings (SSSR count). The number of carbonyl (C=O) groups excluding carboxylic acids is 1. The third-order valence-corrected chi connectivity index (χ3v) is 9.58. The Morgan fingerprint density at radius 3 is 2.40 bits per heavy atom. The molecule has 2 aromatic carbocycles. The number of pyridine rings is 1. The van der Waals surface area contributed by atoms with Crippen LogP contribution in [0.2, 0.25) is 0 Å². The first-order valence-corrected chi connectivity index (χ1v) is 16.4. The number of aromatic nitrogens is 1. The Hall–Kier alpha value is -3.79. The van der Waals surface area contributed by atoms with Gasteiger partial charge in [0.2, 0.25) is 5.60 Å². The number of alkyl halides is 3. The largest absolute Gasteiger partial charge is 0.489 e. The summed E-state index contributed by atoms with van der Waals surface area (Å²) in [6.45, 7) is 5.00. The lowest BCUT2D eigenvalue weighted by Gasteiger charge is -2.32. The van der Waals surface area contributed by atoms with Gasteiger partial charge in [-0.15, -0.1) is 0 Å². The first-order chi connectivity index (χ1) is 22.4. The number of hydrogen-bond acceptors (Lipinski definition) is 8. The number of carbonyl (C=O) groups is 1. The zero-order valence-corrected chi connectivity index (χ0v) is 27.6. The number of rotatable bonds is 12. The van der Waals surface area contributed by atoms with E-state index in [9.17, 15) is 31.7 Å². The number of aliphatic hydroxyl groups excluding tert-OH is 1. The van der Waals surface area contributed by atoms with Crippen LogP contribution in [0.1, 0.15) is 62.2 Å². The SMILES string of the molecule is CC1(NS(=O)C(C)(C)C)COc2c1cc([C@](O)(CNC(=O)c1ccc(OCCO)c(OC3CC3)c1)C(F)(F)F)nc2-c1ccc(F)cc1. The molecule has 2 heterocycles. The van der Waals surface area contributed by atoms with Crippen molar-refractivity contribution in [2.45, 2.75) is 68.7 Å². The summed E-state index contributed by atoms with van der Waals surface area (Å²) in [7, 11) is -1.68. The molecule has 48 heavy (non-hydrogen) atoms. The average molecular weight is 696 g/mol. The molecule has 1 fully saturated rings. The van der Waals surface area contributed by atoms with Gasteiger partial charge in [0.05, 0.1) is 46.2 Å². The summed E-state index contributed by atoms with van der Waals surface area (Å²) in [6.07, 6.45) is -3.87. The summed E-state index contributed by atoms with van der Waals surface area (Å²) < 4.78 is 91.0. The second-order valence-corrected chi connectivity index (χ2v) is 14.9. The van der Waals surface area contributed by atoms with Gasteiger partial charge in [-0.3, -0.25) is 4.79 Å². The number of aliphatic hydroxyl groups is 2. The van der Waals surface area contributed by atoms with Crippen molar-refractivity contribution in [3.8, 4) is 28.5 Å². The van der Waals surface area contributed by atoms with Crippen LogP contribution in [0, 0.1) is 5.82 Å². The first-order valence-electron chi connectivity index (χ1n) is 15.2. The second-order valence-electron chi connectivity index (χ2n) is 12.9. The van der Waals surface area contributed by atoms with E-state index in [1.54, 1.807) is 27.7 Å². The molecule has 1 aliphatic heterocycles. The number of hydrogen-bond donors (Lipinski definition) is 4. The summed E-state index contributed by atoms with van der Waals surface area (Å²) in [5.74, 6) is -1.02. The van der Waals surface area contributed by atoms with Crippen LogP contribution >= 0.6 is 0 Å². The summed E-state index contributed by atoms with van der Waals surface area (Å²) in [5, 5.41) is 22.7. The van der Waals surface area contributed by atoms with Crippen LogP contribution in [0.4, 0.5) is 17.6 Å². The molecule has 1 amide bonds. The smallest absolute Gasteiger partial charge is 0.424 e. The van der Waals surface area contributed by atoms with Gasteiger partial charge in [0.15, 0.2) is 17.2 Å². The fraction of sp³-hybridized carbons (Fsp3) is 0.455. The Bertz CT molecular complexity index is 1700. The van der Waals surface area contributed by atoms with Crippen LogP contribution in [0.15, 0.2) is 48.5 Å². The Morgan fingerprint density at radius 1 is 1.10 bits per heavy atom. The van der Waals surface area contributed by atoms with Crippen molar-refractivity contribution < 1.29 is 51.0 Å². The fourth-order valence-electron chi connectivity index (χ4n) is 4.87. The maximum atomic E-state index is 14.9. The number of nitrogens with zero attached hydrogens (tertiary/aromatic N) is 1. The van der Waals surface area contributed by atoms with Crippen molar-refractivity contribution in [3.05, 3.63) is 71.2 Å². The highest BCUT2D eigenvalue weighted by Gasteiger charge is 2.57. The molecule has 0 radical (unpaired) electrons. The molecule has 10 nitrogen and oxygen atoms in total. The Labute approximate surface area is 277 Å². The van der Waals surface area contributed by atoms with E-state index in [1.807, 2.05) is 0 Å². The molecule has 1 saturated carbocycles. The van der Waals surface area contributed by atoms with Crippen molar-refractivity contribution in [1.82, 2.24) is 15.0 Å². The normalized spacial score (nSPS) is 19.5. The topological polar surface area (TPSA) is 139 Å². The first kappa shape index (κ1) is 35.5. The minimum absolute atomic E-state index is 0.0371. The van der Waals surface area contributed by atoms with E-state index >= 15 is 0 Å². The van der Waals surface area contributed by atoms with Gasteiger partial charge in [0.25, 0.3) is 5.91 Å². The van der Waals surface area contributed by atoms with Gasteiger partial charge in [0.1, 0.15) is 24.7 Å². The van der Waals surface area contributed by atoms with Crippen LogP contribution in [0.25, 0.3) is 11.3 Å². The highest BCUT2D eigenvalue weighted by Crippen LogP contribution is 2.47. The lowest BCUT2D eigenvalue weighted by molar-refractivity contribution is -0.265. The third kappa shape index (κ3) is 7.43. The number of benzene rings is 2. The summed E-state index contributed by atoms with van der Waals surface area (Å²) in [4.78, 5) is 17.4. The highest BCUT2D eigenvalue weighted by molar-refractivity contribution is 7.84. The molecule has 2 aliphatic rings. The zero-order chi connectivity index (χ0) is 35.1. The van der Waals surface area contributed by atoms with Gasteiger partial charge >= 0.3 is 6.18 Å². The molecular weight excluding hydrogens is 658 g/mol. The van der Waals surface area contributed by atoms with Gasteiger partial charge in [-0.1, -0.05) is 0 Å². The van der Waals surface area contributed by atoms with Crippen LogP contribution in [-0.4, -0.2) is 68.7 Å². The number of ether oxygens (including phenoxy) is 3. The standard InChI is InChI=1S/C33H37F4N3O7S/c1-30(2,3)48(44)40-31(4)18-46-28-23(31)16-26(39-27(28)19-5-8-21(34)9-6-19)32(43,33(35,36)37)17-38-29(42)20-7-12-24(45-14-13-41)25(15-20)47-22-10-11-22/h5-9,12,15-16,22,40-41,43H,10-11,13-14,17-18H2,1-4H3,(H,38,42)/t31?,32-,48?/m1/s1. The zero-order valence-electron chi connectivity index (χ0n) is 26.7. The molecule has 0 bridgehead atoms. The van der Waals surface area contributed by atoms with Gasteiger partial charge < -0.3 is 29.7 Å². The average Bonchev–Trinajstić information content (AvgIpc) is 3.78. The quantitative estimate of drug-likeness (QED) is 0.201. The number of nitrogens with one attached hydrogen (secondary N) is 2.